The maximum absolute atomic E-state index is 14.4. The Morgan fingerprint density at radius 2 is 1.59 bits per heavy atom. The smallest absolute Gasteiger partial charge is 0.272 e. The van der Waals surface area contributed by atoms with Gasteiger partial charge >= 0.3 is 0 Å². The van der Waals surface area contributed by atoms with Gasteiger partial charge < -0.3 is 24.9 Å². The predicted octanol–water partition coefficient (Wildman–Crippen LogP) is 5.81. The number of carbonyl (C=O) groups excluding carboxylic acids is 2. The monoisotopic (exact) mass is 528 g/mol. The molecule has 0 radical (unpaired) electrons. The molecule has 5 rings (SSSR count). The number of anilines is 2. The first-order chi connectivity index (χ1) is 18.7. The third-order valence-electron chi connectivity index (χ3n) is 6.01. The first kappa shape index (κ1) is 25.4. The number of carbonyl (C=O) groups is 2. The molecule has 2 aromatic heterocycles. The van der Waals surface area contributed by atoms with Crippen LogP contribution in [0.25, 0.3) is 22.0 Å². The molecular weight excluding hydrogens is 506 g/mol. The van der Waals surface area contributed by atoms with Crippen LogP contribution < -0.4 is 20.9 Å². The van der Waals surface area contributed by atoms with Gasteiger partial charge in [-0.1, -0.05) is 0 Å². The van der Waals surface area contributed by atoms with E-state index in [1.165, 1.54) is 19.2 Å². The number of hydrogen-bond acceptors (Lipinski definition) is 4. The van der Waals surface area contributed by atoms with Gasteiger partial charge in [-0.15, -0.1) is 0 Å². The van der Waals surface area contributed by atoms with Gasteiger partial charge in [0.05, 0.1) is 0 Å². The molecule has 0 aliphatic carbocycles. The molecule has 0 atom stereocenters. The fourth-order valence-corrected chi connectivity index (χ4v) is 4.28. The summed E-state index contributed by atoms with van der Waals surface area (Å²) in [5.74, 6) is -2.20. The third-order valence-corrected chi connectivity index (χ3v) is 6.01. The molecule has 0 saturated carbocycles. The second-order valence-corrected chi connectivity index (χ2v) is 8.82. The summed E-state index contributed by atoms with van der Waals surface area (Å²) in [5, 5.41) is 6.08. The molecular formula is C29H22F2N4O4. The molecule has 5 aromatic rings. The highest BCUT2D eigenvalue weighted by molar-refractivity contribution is 6.05. The highest BCUT2D eigenvalue weighted by Crippen LogP contribution is 2.39. The zero-order chi connectivity index (χ0) is 27.7. The van der Waals surface area contributed by atoms with Crippen LogP contribution in [0.2, 0.25) is 0 Å². The molecule has 0 aliphatic heterocycles. The van der Waals surface area contributed by atoms with Crippen LogP contribution in [-0.4, -0.2) is 21.4 Å². The lowest BCUT2D eigenvalue weighted by Crippen LogP contribution is -2.12. The molecule has 3 aromatic carbocycles. The quantitative estimate of drug-likeness (QED) is 0.259. The van der Waals surface area contributed by atoms with Crippen molar-refractivity contribution >= 4 is 34.1 Å². The molecule has 0 aliphatic rings. The highest BCUT2D eigenvalue weighted by Gasteiger charge is 2.18. The van der Waals surface area contributed by atoms with E-state index in [2.05, 4.69) is 15.6 Å². The Morgan fingerprint density at radius 3 is 2.31 bits per heavy atom. The average Bonchev–Trinajstić information content (AvgIpc) is 3.24. The fourth-order valence-electron chi connectivity index (χ4n) is 4.28. The van der Waals surface area contributed by atoms with Crippen molar-refractivity contribution in [2.24, 2.45) is 7.05 Å². The summed E-state index contributed by atoms with van der Waals surface area (Å²) in [6.45, 7) is 1.39. The highest BCUT2D eigenvalue weighted by atomic mass is 19.1. The largest absolute Gasteiger partial charge is 0.454 e. The number of rotatable bonds is 6. The standard InChI is InChI=1S/C29H22F2N4O4/c1-16(36)33-19-6-3-17(4-7-19)28(37)34-20-8-10-25(39-26-9-5-18(30)13-24(26)31)22(14-20)23-15-35(2)27-21(23)11-12-32-29(27)38/h3-15H,1-2H3,(H,32,38)(H,33,36)(H,34,37). The predicted molar refractivity (Wildman–Crippen MR) is 144 cm³/mol. The second kappa shape index (κ2) is 10.3. The van der Waals surface area contributed by atoms with Gasteiger partial charge in [0.2, 0.25) is 5.91 Å². The molecule has 196 valence electrons. The number of ether oxygens (including phenoxy) is 1. The van der Waals surface area contributed by atoms with E-state index in [9.17, 15) is 23.2 Å². The minimum atomic E-state index is -0.879. The normalized spacial score (nSPS) is 10.9. The number of hydrogen-bond donors (Lipinski definition) is 3. The SMILES string of the molecule is CC(=O)Nc1ccc(C(=O)Nc2ccc(Oc3ccc(F)cc3F)c(-c3cn(C)c4c(=O)[nH]ccc34)c2)cc1. The lowest BCUT2D eigenvalue weighted by Gasteiger charge is -2.14. The Kier molecular flexibility index (Phi) is 6.68. The van der Waals surface area contributed by atoms with Crippen LogP contribution >= 0.6 is 0 Å². The van der Waals surface area contributed by atoms with Gasteiger partial charge in [0.1, 0.15) is 17.1 Å². The molecule has 39 heavy (non-hydrogen) atoms. The fraction of sp³-hybridized carbons (Fsp3) is 0.0690. The molecule has 0 fully saturated rings. The number of pyridine rings is 1. The van der Waals surface area contributed by atoms with Crippen molar-refractivity contribution in [3.05, 3.63) is 107 Å². The number of benzene rings is 3. The maximum atomic E-state index is 14.4. The first-order valence-electron chi connectivity index (χ1n) is 11.8. The summed E-state index contributed by atoms with van der Waals surface area (Å²) in [6.07, 6.45) is 3.25. The maximum Gasteiger partial charge on any atom is 0.272 e. The molecule has 0 saturated heterocycles. The average molecular weight is 529 g/mol. The molecule has 0 unspecified atom stereocenters. The molecule has 2 amide bonds. The van der Waals surface area contributed by atoms with Crippen LogP contribution in [0.4, 0.5) is 20.2 Å². The van der Waals surface area contributed by atoms with Crippen LogP contribution in [-0.2, 0) is 11.8 Å². The lowest BCUT2D eigenvalue weighted by atomic mass is 10.0. The van der Waals surface area contributed by atoms with Crippen LogP contribution in [0, 0.1) is 11.6 Å². The van der Waals surface area contributed by atoms with Crippen LogP contribution in [0.15, 0.2) is 83.9 Å². The number of nitrogens with one attached hydrogen (secondary N) is 3. The number of nitrogens with zero attached hydrogens (tertiary/aromatic N) is 1. The first-order valence-corrected chi connectivity index (χ1v) is 11.8. The van der Waals surface area contributed by atoms with Crippen molar-refractivity contribution in [3.8, 4) is 22.6 Å². The summed E-state index contributed by atoms with van der Waals surface area (Å²) in [4.78, 5) is 39.3. The van der Waals surface area contributed by atoms with Gasteiger partial charge in [-0.05, 0) is 60.7 Å². The van der Waals surface area contributed by atoms with Crippen molar-refractivity contribution < 1.29 is 23.1 Å². The van der Waals surface area contributed by atoms with E-state index in [0.29, 0.717) is 39.0 Å². The molecule has 8 nitrogen and oxygen atoms in total. The van der Waals surface area contributed by atoms with E-state index in [-0.39, 0.29) is 23.0 Å². The number of aryl methyl sites for hydroxylation is 1. The van der Waals surface area contributed by atoms with Crippen LogP contribution in [0.1, 0.15) is 17.3 Å². The summed E-state index contributed by atoms with van der Waals surface area (Å²) >= 11 is 0. The minimum absolute atomic E-state index is 0.188. The van der Waals surface area contributed by atoms with E-state index >= 15 is 0 Å². The van der Waals surface area contributed by atoms with Crippen molar-refractivity contribution in [3.63, 3.8) is 0 Å². The number of aromatic nitrogens is 2. The number of aromatic amines is 1. The van der Waals surface area contributed by atoms with Gasteiger partial charge in [-0.25, -0.2) is 8.78 Å². The molecule has 3 N–H and O–H groups in total. The van der Waals surface area contributed by atoms with Crippen molar-refractivity contribution in [2.45, 2.75) is 6.92 Å². The van der Waals surface area contributed by atoms with Crippen molar-refractivity contribution in [1.82, 2.24) is 9.55 Å². The molecule has 0 spiro atoms. The van der Waals surface area contributed by atoms with E-state index in [0.717, 1.165) is 12.1 Å². The van der Waals surface area contributed by atoms with E-state index < -0.39 is 17.5 Å². The van der Waals surface area contributed by atoms with Crippen molar-refractivity contribution in [2.75, 3.05) is 10.6 Å². The van der Waals surface area contributed by atoms with Gasteiger partial charge in [0.25, 0.3) is 11.5 Å². The number of H-pyrrole nitrogens is 1. The summed E-state index contributed by atoms with van der Waals surface area (Å²) in [7, 11) is 1.72. The van der Waals surface area contributed by atoms with E-state index in [4.69, 9.17) is 4.74 Å². The summed E-state index contributed by atoms with van der Waals surface area (Å²) < 4.78 is 35.4. The Labute approximate surface area is 220 Å². The van der Waals surface area contributed by atoms with E-state index in [1.807, 2.05) is 0 Å². The zero-order valence-electron chi connectivity index (χ0n) is 20.8. The Hall–Kier alpha value is -5.25. The number of halogens is 2. The van der Waals surface area contributed by atoms with Gasteiger partial charge in [0.15, 0.2) is 11.6 Å². The van der Waals surface area contributed by atoms with Gasteiger partial charge in [-0.3, -0.25) is 14.4 Å². The van der Waals surface area contributed by atoms with Gasteiger partial charge in [-0.2, -0.15) is 0 Å². The number of fused-ring (bicyclic) bond motifs is 1. The Balaban J connectivity index is 1.55. The minimum Gasteiger partial charge on any atom is -0.454 e. The van der Waals surface area contributed by atoms with E-state index in [1.54, 1.807) is 66.3 Å². The molecule has 10 heteroatoms. The number of amides is 2. The van der Waals surface area contributed by atoms with Gasteiger partial charge in [0, 0.05) is 65.9 Å². The third kappa shape index (κ3) is 5.26. The lowest BCUT2D eigenvalue weighted by molar-refractivity contribution is -0.114. The zero-order valence-corrected chi connectivity index (χ0v) is 20.8. The molecule has 2 heterocycles. The summed E-state index contributed by atoms with van der Waals surface area (Å²) in [5.41, 5.74) is 2.52. The van der Waals surface area contributed by atoms with Crippen LogP contribution in [0.3, 0.4) is 0 Å². The van der Waals surface area contributed by atoms with Crippen molar-refractivity contribution in [1.29, 1.82) is 0 Å². The summed E-state index contributed by atoms with van der Waals surface area (Å²) in [6, 6.07) is 15.9. The van der Waals surface area contributed by atoms with Crippen LogP contribution in [0.5, 0.6) is 11.5 Å². The Bertz CT molecular complexity index is 1790. The topological polar surface area (TPSA) is 105 Å². The molecule has 0 bridgehead atoms. The second-order valence-electron chi connectivity index (χ2n) is 8.82. The Morgan fingerprint density at radius 1 is 0.872 bits per heavy atom.